The van der Waals surface area contributed by atoms with Crippen LogP contribution in [0.3, 0.4) is 0 Å². The van der Waals surface area contributed by atoms with Gasteiger partial charge in [-0.15, -0.1) is 0 Å². The minimum absolute atomic E-state index is 0.0616. The number of thioether (sulfide) groups is 1. The van der Waals surface area contributed by atoms with Gasteiger partial charge in [0.25, 0.3) is 0 Å². The summed E-state index contributed by atoms with van der Waals surface area (Å²) in [5.74, 6) is 0. The molecule has 0 aliphatic heterocycles. The molecular formula is C13H18F3NS. The van der Waals surface area contributed by atoms with E-state index in [1.165, 1.54) is 12.1 Å². The van der Waals surface area contributed by atoms with Gasteiger partial charge in [-0.2, -0.15) is 13.2 Å². The van der Waals surface area contributed by atoms with E-state index in [-0.39, 0.29) is 22.2 Å². The molecule has 0 unspecified atom stereocenters. The van der Waals surface area contributed by atoms with Crippen LogP contribution < -0.4 is 5.32 Å². The van der Waals surface area contributed by atoms with E-state index in [2.05, 4.69) is 26.1 Å². The maximum atomic E-state index is 12.1. The molecule has 1 aromatic rings. The third kappa shape index (κ3) is 6.91. The third-order valence-corrected chi connectivity index (χ3v) is 2.97. The molecule has 0 aliphatic rings. The molecular weight excluding hydrogens is 259 g/mol. The molecule has 0 spiro atoms. The molecule has 0 aliphatic carbocycles. The van der Waals surface area contributed by atoms with Gasteiger partial charge in [-0.3, -0.25) is 0 Å². The van der Waals surface area contributed by atoms with E-state index in [1.54, 1.807) is 12.1 Å². The predicted octanol–water partition coefficient (Wildman–Crippen LogP) is 4.23. The van der Waals surface area contributed by atoms with Gasteiger partial charge in [0.2, 0.25) is 0 Å². The van der Waals surface area contributed by atoms with Crippen molar-refractivity contribution in [3.63, 3.8) is 0 Å². The van der Waals surface area contributed by atoms with Gasteiger partial charge in [-0.25, -0.2) is 0 Å². The molecule has 0 aromatic heterocycles. The van der Waals surface area contributed by atoms with E-state index in [9.17, 15) is 13.2 Å². The number of benzene rings is 1. The number of alkyl halides is 3. The molecule has 0 atom stereocenters. The molecule has 0 radical (unpaired) electrons. The molecule has 0 saturated carbocycles. The van der Waals surface area contributed by atoms with Crippen LogP contribution >= 0.6 is 11.8 Å². The van der Waals surface area contributed by atoms with Gasteiger partial charge in [-0.1, -0.05) is 12.1 Å². The lowest BCUT2D eigenvalue weighted by Crippen LogP contribution is -2.37. The minimum Gasteiger partial charge on any atom is -0.312 e. The molecule has 5 heteroatoms. The summed E-state index contributed by atoms with van der Waals surface area (Å²) in [6.45, 7) is 7.05. The van der Waals surface area contributed by atoms with Gasteiger partial charge < -0.3 is 5.32 Å². The van der Waals surface area contributed by atoms with Crippen LogP contribution in [0.1, 0.15) is 26.3 Å². The van der Waals surface area contributed by atoms with E-state index in [4.69, 9.17) is 0 Å². The first-order valence-corrected chi connectivity index (χ1v) is 6.57. The Morgan fingerprint density at radius 2 is 1.61 bits per heavy atom. The smallest absolute Gasteiger partial charge is 0.312 e. The molecule has 0 heterocycles. The molecule has 0 saturated heterocycles. The molecule has 0 amide bonds. The van der Waals surface area contributed by atoms with E-state index in [0.717, 1.165) is 18.5 Å². The van der Waals surface area contributed by atoms with E-state index >= 15 is 0 Å². The Hall–Kier alpha value is -0.680. The molecule has 1 N–H and O–H groups in total. The van der Waals surface area contributed by atoms with Crippen molar-refractivity contribution < 1.29 is 13.2 Å². The van der Waals surface area contributed by atoms with Crippen LogP contribution in [0.4, 0.5) is 13.2 Å². The minimum atomic E-state index is -4.21. The van der Waals surface area contributed by atoms with Crippen LogP contribution in [0.25, 0.3) is 0 Å². The summed E-state index contributed by atoms with van der Waals surface area (Å²) in [4.78, 5) is 0.232. The number of hydrogen-bond donors (Lipinski definition) is 1. The summed E-state index contributed by atoms with van der Waals surface area (Å²) in [5.41, 5.74) is -3.11. The molecule has 102 valence electrons. The lowest BCUT2D eigenvalue weighted by molar-refractivity contribution is -0.0328. The first-order chi connectivity index (χ1) is 8.16. The van der Waals surface area contributed by atoms with Crippen molar-refractivity contribution in [3.05, 3.63) is 29.8 Å². The Morgan fingerprint density at radius 1 is 1.06 bits per heavy atom. The van der Waals surface area contributed by atoms with E-state index < -0.39 is 5.51 Å². The standard InChI is InChI=1S/C13H18F3NS/c1-12(2,3)17-9-8-10-4-6-11(7-5-10)18-13(14,15)16/h4-7,17H,8-9H2,1-3H3. The van der Waals surface area contributed by atoms with Crippen LogP contribution in [-0.4, -0.2) is 17.6 Å². The predicted molar refractivity (Wildman–Crippen MR) is 69.8 cm³/mol. The second-order valence-corrected chi connectivity index (χ2v) is 6.26. The largest absolute Gasteiger partial charge is 0.446 e. The van der Waals surface area contributed by atoms with Gasteiger partial charge in [0.05, 0.1) is 0 Å². The quantitative estimate of drug-likeness (QED) is 0.827. The van der Waals surface area contributed by atoms with Crippen LogP contribution in [-0.2, 0) is 6.42 Å². The SMILES string of the molecule is CC(C)(C)NCCc1ccc(SC(F)(F)F)cc1. The fourth-order valence-electron chi connectivity index (χ4n) is 1.44. The van der Waals surface area contributed by atoms with E-state index in [1.807, 2.05) is 0 Å². The summed E-state index contributed by atoms with van der Waals surface area (Å²) in [5, 5.41) is 3.34. The number of hydrogen-bond acceptors (Lipinski definition) is 2. The van der Waals surface area contributed by atoms with Gasteiger partial charge in [-0.05, 0) is 63.2 Å². The summed E-state index contributed by atoms with van der Waals surface area (Å²) in [6, 6.07) is 6.53. The van der Waals surface area contributed by atoms with Crippen molar-refractivity contribution in [3.8, 4) is 0 Å². The average molecular weight is 277 g/mol. The van der Waals surface area contributed by atoms with Crippen LogP contribution in [0.5, 0.6) is 0 Å². The molecule has 18 heavy (non-hydrogen) atoms. The second kappa shape index (κ2) is 5.97. The summed E-state index contributed by atoms with van der Waals surface area (Å²) in [6.07, 6.45) is 0.814. The fourth-order valence-corrected chi connectivity index (χ4v) is 1.98. The van der Waals surface area contributed by atoms with Crippen LogP contribution in [0.2, 0.25) is 0 Å². The van der Waals surface area contributed by atoms with Crippen molar-refractivity contribution >= 4 is 11.8 Å². The monoisotopic (exact) mass is 277 g/mol. The van der Waals surface area contributed by atoms with Crippen molar-refractivity contribution in [1.82, 2.24) is 5.32 Å². The van der Waals surface area contributed by atoms with Crippen LogP contribution in [0.15, 0.2) is 29.2 Å². The van der Waals surface area contributed by atoms with E-state index in [0.29, 0.717) is 0 Å². The Kier molecular flexibility index (Phi) is 5.10. The second-order valence-electron chi connectivity index (χ2n) is 5.12. The first kappa shape index (κ1) is 15.4. The van der Waals surface area contributed by atoms with Gasteiger partial charge in [0.1, 0.15) is 0 Å². The molecule has 1 nitrogen and oxygen atoms in total. The average Bonchev–Trinajstić information content (AvgIpc) is 2.16. The summed E-state index contributed by atoms with van der Waals surface area (Å²) < 4.78 is 36.4. The Balaban J connectivity index is 2.46. The molecule has 1 rings (SSSR count). The highest BCUT2D eigenvalue weighted by molar-refractivity contribution is 8.00. The topological polar surface area (TPSA) is 12.0 Å². The van der Waals surface area contributed by atoms with Gasteiger partial charge >= 0.3 is 5.51 Å². The maximum Gasteiger partial charge on any atom is 0.446 e. The highest BCUT2D eigenvalue weighted by Gasteiger charge is 2.28. The molecule has 1 aromatic carbocycles. The molecule has 0 bridgehead atoms. The van der Waals surface area contributed by atoms with Gasteiger partial charge in [0, 0.05) is 10.4 Å². The Labute approximate surface area is 110 Å². The third-order valence-electron chi connectivity index (χ3n) is 2.23. The Morgan fingerprint density at radius 3 is 2.06 bits per heavy atom. The summed E-state index contributed by atoms with van der Waals surface area (Å²) >= 11 is -0.0781. The lowest BCUT2D eigenvalue weighted by Gasteiger charge is -2.20. The molecule has 0 fully saturated rings. The summed E-state index contributed by atoms with van der Waals surface area (Å²) in [7, 11) is 0. The van der Waals surface area contributed by atoms with Crippen molar-refractivity contribution in [2.75, 3.05) is 6.54 Å². The van der Waals surface area contributed by atoms with Crippen molar-refractivity contribution in [1.29, 1.82) is 0 Å². The van der Waals surface area contributed by atoms with Gasteiger partial charge in [0.15, 0.2) is 0 Å². The first-order valence-electron chi connectivity index (χ1n) is 5.75. The van der Waals surface area contributed by atoms with Crippen molar-refractivity contribution in [2.24, 2.45) is 0 Å². The highest BCUT2D eigenvalue weighted by atomic mass is 32.2. The zero-order valence-electron chi connectivity index (χ0n) is 10.8. The normalized spacial score (nSPS) is 12.8. The highest BCUT2D eigenvalue weighted by Crippen LogP contribution is 2.36. The Bertz CT molecular complexity index is 365. The van der Waals surface area contributed by atoms with Crippen LogP contribution in [0, 0.1) is 0 Å². The zero-order valence-corrected chi connectivity index (χ0v) is 11.6. The number of halogens is 3. The fraction of sp³-hybridized carbons (Fsp3) is 0.538. The number of rotatable bonds is 4. The van der Waals surface area contributed by atoms with Crippen molar-refractivity contribution in [2.45, 2.75) is 43.1 Å². The lowest BCUT2D eigenvalue weighted by atomic mass is 10.1. The zero-order chi connectivity index (χ0) is 13.8. The maximum absolute atomic E-state index is 12.1. The number of nitrogens with one attached hydrogen (secondary N) is 1.